The van der Waals surface area contributed by atoms with E-state index in [9.17, 15) is 4.79 Å². The quantitative estimate of drug-likeness (QED) is 0.528. The first-order valence-corrected chi connectivity index (χ1v) is 11.3. The van der Waals surface area contributed by atoms with Crippen molar-refractivity contribution in [2.75, 3.05) is 24.7 Å². The minimum absolute atomic E-state index is 0.0684. The van der Waals surface area contributed by atoms with Crippen molar-refractivity contribution in [2.24, 2.45) is 0 Å². The standard InChI is InChI=1S/C25H26N2O3S/c1-18-8-6-7-11-21(18)26-25(28)27-14-15-31-24(27)20-12-13-22(23(16-20)29-2)30-17-19-9-4-3-5-10-19/h3-13,16,24H,14-15,17H2,1-2H3,(H,26,28). The van der Waals surface area contributed by atoms with Crippen LogP contribution in [0.5, 0.6) is 11.5 Å². The van der Waals surface area contributed by atoms with Crippen molar-refractivity contribution < 1.29 is 14.3 Å². The second kappa shape index (κ2) is 9.79. The number of anilines is 1. The highest BCUT2D eigenvalue weighted by molar-refractivity contribution is 7.99. The number of benzene rings is 3. The summed E-state index contributed by atoms with van der Waals surface area (Å²) in [5, 5.41) is 2.98. The van der Waals surface area contributed by atoms with Gasteiger partial charge in [-0.05, 0) is 41.8 Å². The van der Waals surface area contributed by atoms with Crippen LogP contribution in [0.25, 0.3) is 0 Å². The van der Waals surface area contributed by atoms with Gasteiger partial charge in [-0.1, -0.05) is 54.6 Å². The zero-order valence-electron chi connectivity index (χ0n) is 17.7. The Hall–Kier alpha value is -3.12. The fraction of sp³-hybridized carbons (Fsp3) is 0.240. The van der Waals surface area contributed by atoms with Crippen molar-refractivity contribution in [1.29, 1.82) is 0 Å². The summed E-state index contributed by atoms with van der Waals surface area (Å²) in [5.41, 5.74) is 4.00. The van der Waals surface area contributed by atoms with E-state index in [4.69, 9.17) is 9.47 Å². The van der Waals surface area contributed by atoms with E-state index in [0.717, 1.165) is 28.1 Å². The van der Waals surface area contributed by atoms with Crippen molar-refractivity contribution in [1.82, 2.24) is 4.90 Å². The molecule has 1 fully saturated rings. The normalized spacial score (nSPS) is 15.5. The van der Waals surface area contributed by atoms with Crippen LogP contribution in [0.2, 0.25) is 0 Å². The van der Waals surface area contributed by atoms with Gasteiger partial charge in [-0.15, -0.1) is 11.8 Å². The van der Waals surface area contributed by atoms with Gasteiger partial charge in [0.1, 0.15) is 12.0 Å². The lowest BCUT2D eigenvalue weighted by Crippen LogP contribution is -2.34. The van der Waals surface area contributed by atoms with Crippen LogP contribution < -0.4 is 14.8 Å². The molecule has 1 N–H and O–H groups in total. The molecular formula is C25H26N2O3S. The molecule has 1 saturated heterocycles. The van der Waals surface area contributed by atoms with E-state index in [0.29, 0.717) is 24.7 Å². The average molecular weight is 435 g/mol. The molecule has 2 amide bonds. The highest BCUT2D eigenvalue weighted by Gasteiger charge is 2.31. The molecule has 0 aliphatic carbocycles. The summed E-state index contributed by atoms with van der Waals surface area (Å²) in [5.74, 6) is 2.25. The summed E-state index contributed by atoms with van der Waals surface area (Å²) in [6, 6.07) is 23.7. The Kier molecular flexibility index (Phi) is 6.67. The van der Waals surface area contributed by atoms with E-state index < -0.39 is 0 Å². The zero-order valence-corrected chi connectivity index (χ0v) is 18.5. The Labute approximate surface area is 187 Å². The Morgan fingerprint density at radius 2 is 1.84 bits per heavy atom. The van der Waals surface area contributed by atoms with E-state index in [1.165, 1.54) is 0 Å². The number of ether oxygens (including phenoxy) is 2. The van der Waals surface area contributed by atoms with Gasteiger partial charge >= 0.3 is 6.03 Å². The van der Waals surface area contributed by atoms with Gasteiger partial charge in [0.2, 0.25) is 0 Å². The van der Waals surface area contributed by atoms with E-state index >= 15 is 0 Å². The van der Waals surface area contributed by atoms with E-state index in [-0.39, 0.29) is 11.4 Å². The molecule has 31 heavy (non-hydrogen) atoms. The summed E-state index contributed by atoms with van der Waals surface area (Å²) in [6.45, 7) is 3.16. The van der Waals surface area contributed by atoms with Gasteiger partial charge < -0.3 is 19.7 Å². The van der Waals surface area contributed by atoms with Crippen molar-refractivity contribution in [3.8, 4) is 11.5 Å². The van der Waals surface area contributed by atoms with Gasteiger partial charge in [0.05, 0.1) is 7.11 Å². The molecule has 0 bridgehead atoms. The largest absolute Gasteiger partial charge is 0.493 e. The van der Waals surface area contributed by atoms with Crippen LogP contribution in [0.3, 0.4) is 0 Å². The number of amides is 2. The van der Waals surface area contributed by atoms with Crippen LogP contribution in [0.15, 0.2) is 72.8 Å². The Morgan fingerprint density at radius 3 is 2.61 bits per heavy atom. The first kappa shape index (κ1) is 21.1. The van der Waals surface area contributed by atoms with Gasteiger partial charge in [0.25, 0.3) is 0 Å². The first-order chi connectivity index (χ1) is 15.2. The number of hydrogen-bond donors (Lipinski definition) is 1. The summed E-state index contributed by atoms with van der Waals surface area (Å²) in [6.07, 6.45) is 0. The highest BCUT2D eigenvalue weighted by Crippen LogP contribution is 2.41. The molecular weight excluding hydrogens is 408 g/mol. The van der Waals surface area contributed by atoms with E-state index in [1.807, 2.05) is 84.6 Å². The topological polar surface area (TPSA) is 50.8 Å². The molecule has 0 saturated carbocycles. The number of aryl methyl sites for hydroxylation is 1. The summed E-state index contributed by atoms with van der Waals surface area (Å²) >= 11 is 1.75. The number of para-hydroxylation sites is 1. The maximum Gasteiger partial charge on any atom is 0.323 e. The summed E-state index contributed by atoms with van der Waals surface area (Å²) in [7, 11) is 1.64. The molecule has 1 heterocycles. The summed E-state index contributed by atoms with van der Waals surface area (Å²) < 4.78 is 11.6. The lowest BCUT2D eigenvalue weighted by molar-refractivity contribution is 0.214. The molecule has 1 unspecified atom stereocenters. The van der Waals surface area contributed by atoms with Gasteiger partial charge in [-0.25, -0.2) is 4.79 Å². The predicted molar refractivity (Wildman–Crippen MR) is 126 cm³/mol. The van der Waals surface area contributed by atoms with Crippen LogP contribution in [0.4, 0.5) is 10.5 Å². The van der Waals surface area contributed by atoms with E-state index in [2.05, 4.69) is 5.32 Å². The van der Waals surface area contributed by atoms with Gasteiger partial charge in [-0.2, -0.15) is 0 Å². The van der Waals surface area contributed by atoms with Crippen LogP contribution in [-0.2, 0) is 6.61 Å². The van der Waals surface area contributed by atoms with Crippen LogP contribution in [0, 0.1) is 6.92 Å². The number of methoxy groups -OCH3 is 1. The predicted octanol–water partition coefficient (Wildman–Crippen LogP) is 5.86. The molecule has 0 spiro atoms. The zero-order chi connectivity index (χ0) is 21.6. The lowest BCUT2D eigenvalue weighted by atomic mass is 10.1. The van der Waals surface area contributed by atoms with Crippen molar-refractivity contribution in [2.45, 2.75) is 18.9 Å². The number of thioether (sulfide) groups is 1. The van der Waals surface area contributed by atoms with Crippen LogP contribution in [0.1, 0.15) is 22.1 Å². The molecule has 5 nitrogen and oxygen atoms in total. The minimum atomic E-state index is -0.0901. The second-order valence-corrected chi connectivity index (χ2v) is 8.53. The molecule has 1 aliphatic rings. The van der Waals surface area contributed by atoms with Gasteiger partial charge in [-0.3, -0.25) is 0 Å². The molecule has 1 atom stereocenters. The first-order valence-electron chi connectivity index (χ1n) is 10.3. The number of nitrogens with zero attached hydrogens (tertiary/aromatic N) is 1. The van der Waals surface area contributed by atoms with Crippen LogP contribution >= 0.6 is 11.8 Å². The molecule has 160 valence electrons. The SMILES string of the molecule is COc1cc(C2SCCN2C(=O)Nc2ccccc2C)ccc1OCc1ccccc1. The minimum Gasteiger partial charge on any atom is -0.493 e. The number of hydrogen-bond acceptors (Lipinski definition) is 4. The smallest absolute Gasteiger partial charge is 0.323 e. The molecule has 3 aromatic carbocycles. The maximum absolute atomic E-state index is 13.0. The average Bonchev–Trinajstić information content (AvgIpc) is 3.30. The number of nitrogens with one attached hydrogen (secondary N) is 1. The van der Waals surface area contributed by atoms with Crippen molar-refractivity contribution in [3.63, 3.8) is 0 Å². The Morgan fingerprint density at radius 1 is 1.06 bits per heavy atom. The number of urea groups is 1. The van der Waals surface area contributed by atoms with Crippen molar-refractivity contribution in [3.05, 3.63) is 89.5 Å². The third-order valence-electron chi connectivity index (χ3n) is 5.25. The molecule has 6 heteroatoms. The highest BCUT2D eigenvalue weighted by atomic mass is 32.2. The third kappa shape index (κ3) is 4.97. The number of rotatable bonds is 6. The Bertz CT molecular complexity index is 1040. The molecule has 3 aromatic rings. The monoisotopic (exact) mass is 434 g/mol. The second-order valence-electron chi connectivity index (χ2n) is 7.35. The van der Waals surface area contributed by atoms with Crippen LogP contribution in [-0.4, -0.2) is 30.3 Å². The summed E-state index contributed by atoms with van der Waals surface area (Å²) in [4.78, 5) is 14.8. The third-order valence-corrected chi connectivity index (χ3v) is 6.51. The number of carbonyl (C=O) groups is 1. The van der Waals surface area contributed by atoms with E-state index in [1.54, 1.807) is 18.9 Å². The lowest BCUT2D eigenvalue weighted by Gasteiger charge is -2.25. The fourth-order valence-corrected chi connectivity index (χ4v) is 4.79. The Balaban J connectivity index is 1.48. The molecule has 0 radical (unpaired) electrons. The number of carbonyl (C=O) groups excluding carboxylic acids is 1. The molecule has 1 aliphatic heterocycles. The maximum atomic E-state index is 13.0. The fourth-order valence-electron chi connectivity index (χ4n) is 3.55. The molecule has 4 rings (SSSR count). The van der Waals surface area contributed by atoms with Gasteiger partial charge in [0.15, 0.2) is 11.5 Å². The van der Waals surface area contributed by atoms with Crippen molar-refractivity contribution >= 4 is 23.5 Å². The molecule has 0 aromatic heterocycles. The van der Waals surface area contributed by atoms with Gasteiger partial charge in [0, 0.05) is 18.0 Å².